The molecular formula is C22H18Br2N2O3. The Labute approximate surface area is 185 Å². The van der Waals surface area contributed by atoms with E-state index in [-0.39, 0.29) is 6.61 Å². The number of hydrazine groups is 1. The number of rotatable bonds is 5. The van der Waals surface area contributed by atoms with E-state index < -0.39 is 11.8 Å². The van der Waals surface area contributed by atoms with Gasteiger partial charge in [0.25, 0.3) is 11.8 Å². The van der Waals surface area contributed by atoms with E-state index in [0.717, 1.165) is 30.8 Å². The predicted molar refractivity (Wildman–Crippen MR) is 121 cm³/mol. The summed E-state index contributed by atoms with van der Waals surface area (Å²) in [6.07, 6.45) is 3.08. The Balaban J connectivity index is 1.53. The molecule has 0 heterocycles. The van der Waals surface area contributed by atoms with Crippen molar-refractivity contribution in [3.8, 4) is 5.75 Å². The molecule has 0 aliphatic heterocycles. The molecule has 0 unspecified atom stereocenters. The molecule has 0 aliphatic carbocycles. The van der Waals surface area contributed by atoms with Crippen LogP contribution in [-0.4, -0.2) is 18.4 Å². The third-order valence-electron chi connectivity index (χ3n) is 4.10. The summed E-state index contributed by atoms with van der Waals surface area (Å²) in [5.41, 5.74) is 6.48. The van der Waals surface area contributed by atoms with Crippen LogP contribution in [0, 0.1) is 6.92 Å². The van der Waals surface area contributed by atoms with Crippen LogP contribution < -0.4 is 15.6 Å². The van der Waals surface area contributed by atoms with Crippen molar-refractivity contribution in [3.05, 3.63) is 80.7 Å². The molecule has 0 aliphatic rings. The van der Waals surface area contributed by atoms with Crippen molar-refractivity contribution in [2.24, 2.45) is 0 Å². The molecule has 3 rings (SSSR count). The minimum atomic E-state index is -0.467. The average Bonchev–Trinajstić information content (AvgIpc) is 2.69. The molecule has 0 radical (unpaired) electrons. The van der Waals surface area contributed by atoms with E-state index >= 15 is 0 Å². The van der Waals surface area contributed by atoms with Crippen molar-refractivity contribution in [2.45, 2.75) is 6.92 Å². The van der Waals surface area contributed by atoms with Crippen molar-refractivity contribution in [1.82, 2.24) is 10.9 Å². The van der Waals surface area contributed by atoms with Gasteiger partial charge in [0.15, 0.2) is 6.61 Å². The molecule has 148 valence electrons. The van der Waals surface area contributed by atoms with Crippen molar-refractivity contribution in [1.29, 1.82) is 0 Å². The number of amides is 2. The maximum absolute atomic E-state index is 12.0. The first-order valence-corrected chi connectivity index (χ1v) is 10.4. The van der Waals surface area contributed by atoms with Crippen LogP contribution in [0.4, 0.5) is 0 Å². The second-order valence-corrected chi connectivity index (χ2v) is 8.03. The average molecular weight is 518 g/mol. The Morgan fingerprint density at radius 3 is 2.59 bits per heavy atom. The molecule has 3 aromatic carbocycles. The second kappa shape index (κ2) is 9.71. The van der Waals surface area contributed by atoms with E-state index in [0.29, 0.717) is 5.75 Å². The van der Waals surface area contributed by atoms with E-state index in [1.807, 2.05) is 61.5 Å². The molecule has 2 N–H and O–H groups in total. The van der Waals surface area contributed by atoms with E-state index in [9.17, 15) is 9.59 Å². The molecule has 0 aromatic heterocycles. The maximum atomic E-state index is 12.0. The lowest BCUT2D eigenvalue weighted by molar-refractivity contribution is -0.128. The second-order valence-electron chi connectivity index (χ2n) is 6.26. The van der Waals surface area contributed by atoms with Crippen LogP contribution in [0.15, 0.2) is 69.6 Å². The van der Waals surface area contributed by atoms with Crippen molar-refractivity contribution >= 4 is 60.5 Å². The summed E-state index contributed by atoms with van der Waals surface area (Å²) < 4.78 is 7.19. The number of carbonyl (C=O) groups is 2. The van der Waals surface area contributed by atoms with Gasteiger partial charge < -0.3 is 4.74 Å². The Kier molecular flexibility index (Phi) is 7.06. The third-order valence-corrected chi connectivity index (χ3v) is 5.15. The van der Waals surface area contributed by atoms with Gasteiger partial charge in [-0.05, 0) is 63.0 Å². The smallest absolute Gasteiger partial charge is 0.276 e. The Morgan fingerprint density at radius 2 is 1.79 bits per heavy atom. The summed E-state index contributed by atoms with van der Waals surface area (Å²) in [5.74, 6) is -0.330. The molecule has 5 nitrogen and oxygen atoms in total. The zero-order chi connectivity index (χ0) is 20.8. The minimum Gasteiger partial charge on any atom is -0.482 e. The molecule has 3 aromatic rings. The lowest BCUT2D eigenvalue weighted by atomic mass is 10.0. The van der Waals surface area contributed by atoms with Gasteiger partial charge in [0, 0.05) is 10.5 Å². The molecule has 0 spiro atoms. The van der Waals surface area contributed by atoms with Crippen molar-refractivity contribution < 1.29 is 14.3 Å². The van der Waals surface area contributed by atoms with Gasteiger partial charge in [-0.1, -0.05) is 58.4 Å². The molecule has 2 amide bonds. The summed E-state index contributed by atoms with van der Waals surface area (Å²) in [4.78, 5) is 24.0. The van der Waals surface area contributed by atoms with E-state index in [4.69, 9.17) is 4.74 Å². The van der Waals surface area contributed by atoms with Crippen LogP contribution in [-0.2, 0) is 9.59 Å². The third kappa shape index (κ3) is 5.68. The fourth-order valence-corrected chi connectivity index (χ4v) is 4.33. The largest absolute Gasteiger partial charge is 0.482 e. The zero-order valence-corrected chi connectivity index (χ0v) is 18.7. The number of halogens is 2. The number of hydrogen-bond donors (Lipinski definition) is 2. The highest BCUT2D eigenvalue weighted by Gasteiger charge is 2.10. The fraction of sp³-hybridized carbons (Fsp3) is 0.0909. The molecule has 0 bridgehead atoms. The zero-order valence-electron chi connectivity index (χ0n) is 15.5. The van der Waals surface area contributed by atoms with Crippen molar-refractivity contribution in [2.75, 3.05) is 6.61 Å². The summed E-state index contributed by atoms with van der Waals surface area (Å²) in [7, 11) is 0. The van der Waals surface area contributed by atoms with Crippen LogP contribution in [0.1, 0.15) is 11.1 Å². The van der Waals surface area contributed by atoms with Gasteiger partial charge in [-0.15, -0.1) is 0 Å². The highest BCUT2D eigenvalue weighted by Crippen LogP contribution is 2.32. The SMILES string of the molecule is Cc1cc(Br)cc(Br)c1OCC(=O)NNC(=O)/C=C/c1cccc2ccccc12. The highest BCUT2D eigenvalue weighted by atomic mass is 79.9. The Hall–Kier alpha value is -2.64. The lowest BCUT2D eigenvalue weighted by Gasteiger charge is -2.12. The number of carbonyl (C=O) groups excluding carboxylic acids is 2. The first-order chi connectivity index (χ1) is 13.9. The van der Waals surface area contributed by atoms with Crippen LogP contribution in [0.25, 0.3) is 16.8 Å². The first-order valence-electron chi connectivity index (χ1n) is 8.77. The van der Waals surface area contributed by atoms with Crippen LogP contribution in [0.2, 0.25) is 0 Å². The number of aryl methyl sites for hydroxylation is 1. The van der Waals surface area contributed by atoms with Gasteiger partial charge in [0.1, 0.15) is 5.75 Å². The van der Waals surface area contributed by atoms with E-state index in [2.05, 4.69) is 42.7 Å². The predicted octanol–water partition coefficient (Wildman–Crippen LogP) is 4.91. The lowest BCUT2D eigenvalue weighted by Crippen LogP contribution is -2.43. The number of hydrogen-bond acceptors (Lipinski definition) is 3. The van der Waals surface area contributed by atoms with Gasteiger partial charge in [0.2, 0.25) is 0 Å². The molecule has 0 saturated heterocycles. The summed E-state index contributed by atoms with van der Waals surface area (Å²) in [5, 5.41) is 2.14. The van der Waals surface area contributed by atoms with Crippen LogP contribution in [0.5, 0.6) is 5.75 Å². The molecule has 29 heavy (non-hydrogen) atoms. The van der Waals surface area contributed by atoms with Crippen LogP contribution in [0.3, 0.4) is 0 Å². The molecule has 7 heteroatoms. The molecule has 0 saturated carbocycles. The van der Waals surface area contributed by atoms with E-state index in [1.165, 1.54) is 6.08 Å². The topological polar surface area (TPSA) is 67.4 Å². The van der Waals surface area contributed by atoms with Gasteiger partial charge in [-0.2, -0.15) is 0 Å². The van der Waals surface area contributed by atoms with Gasteiger partial charge >= 0.3 is 0 Å². The quantitative estimate of drug-likeness (QED) is 0.373. The van der Waals surface area contributed by atoms with Crippen LogP contribution >= 0.6 is 31.9 Å². The number of nitrogens with one attached hydrogen (secondary N) is 2. The number of ether oxygens (including phenoxy) is 1. The standard InChI is InChI=1S/C22H18Br2N2O3/c1-14-11-17(23)12-19(24)22(14)29-13-21(28)26-25-20(27)10-9-16-7-4-6-15-5-2-3-8-18(15)16/h2-12H,13H2,1H3,(H,25,27)(H,26,28)/b10-9+. The fourth-order valence-electron chi connectivity index (χ4n) is 2.78. The maximum Gasteiger partial charge on any atom is 0.276 e. The molecular weight excluding hydrogens is 500 g/mol. The van der Waals surface area contributed by atoms with Gasteiger partial charge in [-0.3, -0.25) is 20.4 Å². The van der Waals surface area contributed by atoms with Crippen molar-refractivity contribution in [3.63, 3.8) is 0 Å². The first kappa shape index (κ1) is 21.1. The number of benzene rings is 3. The molecule has 0 atom stereocenters. The van der Waals surface area contributed by atoms with Gasteiger partial charge in [0.05, 0.1) is 4.47 Å². The minimum absolute atomic E-state index is 0.228. The number of fused-ring (bicyclic) bond motifs is 1. The summed E-state index contributed by atoms with van der Waals surface area (Å²) in [6.45, 7) is 1.65. The monoisotopic (exact) mass is 516 g/mol. The van der Waals surface area contributed by atoms with Gasteiger partial charge in [-0.25, -0.2) is 0 Å². The highest BCUT2D eigenvalue weighted by molar-refractivity contribution is 9.11. The Bertz CT molecular complexity index is 1070. The van der Waals surface area contributed by atoms with E-state index in [1.54, 1.807) is 6.08 Å². The normalized spacial score (nSPS) is 10.9. The Morgan fingerprint density at radius 1 is 1.03 bits per heavy atom. The summed E-state index contributed by atoms with van der Waals surface area (Å²) in [6, 6.07) is 17.5. The summed E-state index contributed by atoms with van der Waals surface area (Å²) >= 11 is 6.80. The molecule has 0 fully saturated rings.